The minimum absolute atomic E-state index is 0.0395. The van der Waals surface area contributed by atoms with Crippen LogP contribution in [0.2, 0.25) is 0 Å². The molecule has 6 nitrogen and oxygen atoms in total. The summed E-state index contributed by atoms with van der Waals surface area (Å²) >= 11 is 0. The van der Waals surface area contributed by atoms with Crippen LogP contribution in [0.5, 0.6) is 0 Å². The summed E-state index contributed by atoms with van der Waals surface area (Å²) in [6.07, 6.45) is -0.0395. The average Bonchev–Trinajstić information content (AvgIpc) is 1.78. The zero-order valence-corrected chi connectivity index (χ0v) is 7.18. The highest BCUT2D eigenvalue weighted by Gasteiger charge is 2.06. The van der Waals surface area contributed by atoms with E-state index in [4.69, 9.17) is 4.55 Å². The van der Waals surface area contributed by atoms with E-state index in [2.05, 4.69) is 4.52 Å². The topological polar surface area (TPSA) is 104 Å². The van der Waals surface area contributed by atoms with E-state index in [1.807, 2.05) is 0 Å². The standard InChI is InChI=1S/C3H7O6PS/c4-10(5)9-2-1-3-11(6,7)8/h1-3H2,(H,6,7,8). The molecule has 0 rings (SSSR count). The van der Waals surface area contributed by atoms with Crippen LogP contribution in [0.15, 0.2) is 0 Å². The van der Waals surface area contributed by atoms with Gasteiger partial charge in [-0.1, -0.05) is 0 Å². The molecule has 0 aromatic heterocycles. The fourth-order valence-corrected chi connectivity index (χ4v) is 1.14. The van der Waals surface area contributed by atoms with E-state index in [-0.39, 0.29) is 13.0 Å². The smallest absolute Gasteiger partial charge is 0.488 e. The van der Waals surface area contributed by atoms with Crippen molar-refractivity contribution >= 4 is 18.4 Å². The summed E-state index contributed by atoms with van der Waals surface area (Å²) in [6, 6.07) is 0. The Morgan fingerprint density at radius 2 is 2.09 bits per heavy atom. The summed E-state index contributed by atoms with van der Waals surface area (Å²) in [5.74, 6) is -0.490. The Labute approximate surface area is 64.9 Å². The molecule has 0 aliphatic heterocycles. The molecule has 0 spiro atoms. The van der Waals surface area contributed by atoms with E-state index >= 15 is 0 Å². The van der Waals surface area contributed by atoms with Gasteiger partial charge in [0.1, 0.15) is 6.61 Å². The largest absolute Gasteiger partial charge is 0.566 e. The summed E-state index contributed by atoms with van der Waals surface area (Å²) in [6.45, 7) is -0.224. The third-order valence-corrected chi connectivity index (χ3v) is 1.94. The van der Waals surface area contributed by atoms with Crippen molar-refractivity contribution in [3.63, 3.8) is 0 Å². The van der Waals surface area contributed by atoms with Crippen molar-refractivity contribution in [2.45, 2.75) is 6.42 Å². The molecule has 11 heavy (non-hydrogen) atoms. The number of rotatable bonds is 5. The molecule has 0 bridgehead atoms. The highest BCUT2D eigenvalue weighted by atomic mass is 32.2. The highest BCUT2D eigenvalue weighted by Crippen LogP contribution is 2.08. The lowest BCUT2D eigenvalue weighted by Crippen LogP contribution is -2.06. The van der Waals surface area contributed by atoms with Crippen LogP contribution < -0.4 is 4.89 Å². The Bertz CT molecular complexity index is 220. The first-order valence-corrected chi connectivity index (χ1v) is 5.35. The summed E-state index contributed by atoms with van der Waals surface area (Å²) < 4.78 is 41.9. The second-order valence-corrected chi connectivity index (χ2v) is 3.97. The van der Waals surface area contributed by atoms with Crippen molar-refractivity contribution in [3.05, 3.63) is 0 Å². The zero-order chi connectivity index (χ0) is 8.91. The van der Waals surface area contributed by atoms with Gasteiger partial charge in [-0.2, -0.15) is 8.42 Å². The minimum atomic E-state index is -4.00. The van der Waals surface area contributed by atoms with Crippen molar-refractivity contribution < 1.29 is 27.0 Å². The highest BCUT2D eigenvalue weighted by molar-refractivity contribution is 7.85. The van der Waals surface area contributed by atoms with Gasteiger partial charge in [-0.15, -0.1) is 4.52 Å². The van der Waals surface area contributed by atoms with Crippen molar-refractivity contribution in [1.29, 1.82) is 0 Å². The molecule has 1 N–H and O–H groups in total. The molecule has 0 aliphatic carbocycles. The van der Waals surface area contributed by atoms with E-state index in [1.54, 1.807) is 0 Å². The van der Waals surface area contributed by atoms with E-state index in [9.17, 15) is 17.9 Å². The van der Waals surface area contributed by atoms with E-state index < -0.39 is 24.1 Å². The van der Waals surface area contributed by atoms with Gasteiger partial charge in [0.15, 0.2) is 0 Å². The second kappa shape index (κ2) is 4.74. The maximum Gasteiger partial charge on any atom is 0.488 e. The predicted molar refractivity (Wildman–Crippen MR) is 34.6 cm³/mol. The molecule has 1 atom stereocenters. The van der Waals surface area contributed by atoms with Crippen LogP contribution in [-0.2, 0) is 19.2 Å². The lowest BCUT2D eigenvalue weighted by Gasteiger charge is -1.92. The summed E-state index contributed by atoms with van der Waals surface area (Å²) in [4.78, 5) is 9.73. The maximum atomic E-state index is 10.0. The van der Waals surface area contributed by atoms with Crippen LogP contribution in [-0.4, -0.2) is 25.3 Å². The molecule has 0 aromatic rings. The molecule has 1 unspecified atom stereocenters. The molecule has 0 saturated heterocycles. The van der Waals surface area contributed by atoms with Gasteiger partial charge in [0, 0.05) is 0 Å². The second-order valence-electron chi connectivity index (χ2n) is 1.70. The first-order valence-electron chi connectivity index (χ1n) is 2.64. The van der Waals surface area contributed by atoms with Gasteiger partial charge >= 0.3 is 8.25 Å². The minimum Gasteiger partial charge on any atom is -0.566 e. The first-order chi connectivity index (χ1) is 4.92. The monoisotopic (exact) mass is 202 g/mol. The van der Waals surface area contributed by atoms with Gasteiger partial charge < -0.3 is 4.89 Å². The van der Waals surface area contributed by atoms with Crippen molar-refractivity contribution in [2.24, 2.45) is 0 Å². The molecule has 0 amide bonds. The molecule has 0 heterocycles. The van der Waals surface area contributed by atoms with E-state index in [1.165, 1.54) is 0 Å². The Balaban J connectivity index is 3.37. The Morgan fingerprint density at radius 3 is 2.45 bits per heavy atom. The summed E-state index contributed by atoms with van der Waals surface area (Å²) in [5, 5.41) is 0. The molecular formula is C3H7O6PS. The third kappa shape index (κ3) is 9.93. The van der Waals surface area contributed by atoms with Crippen molar-refractivity contribution in [2.75, 3.05) is 12.4 Å². The third-order valence-electron chi connectivity index (χ3n) is 0.743. The fraction of sp³-hybridized carbons (Fsp3) is 1.00. The molecule has 0 saturated carbocycles. The molecule has 0 fully saturated rings. The quantitative estimate of drug-likeness (QED) is 0.359. The van der Waals surface area contributed by atoms with Crippen LogP contribution in [0.25, 0.3) is 0 Å². The fourth-order valence-electron chi connectivity index (χ4n) is 0.380. The van der Waals surface area contributed by atoms with Gasteiger partial charge in [0.05, 0.1) is 5.75 Å². The van der Waals surface area contributed by atoms with Gasteiger partial charge in [-0.25, -0.2) is 0 Å². The maximum absolute atomic E-state index is 10.0. The first kappa shape index (κ1) is 10.9. The van der Waals surface area contributed by atoms with Crippen LogP contribution in [0.3, 0.4) is 0 Å². The Kier molecular flexibility index (Phi) is 4.71. The molecule has 0 aromatic carbocycles. The Hall–Kier alpha value is -0.0700. The van der Waals surface area contributed by atoms with Crippen LogP contribution in [0, 0.1) is 0 Å². The molecule has 0 aliphatic rings. The van der Waals surface area contributed by atoms with Gasteiger partial charge in [0.25, 0.3) is 10.1 Å². The summed E-state index contributed by atoms with van der Waals surface area (Å²) in [5.41, 5.74) is 0. The molecule has 0 radical (unpaired) electrons. The van der Waals surface area contributed by atoms with Gasteiger partial charge in [-0.3, -0.25) is 4.55 Å². The predicted octanol–water partition coefficient (Wildman–Crippen LogP) is -0.701. The zero-order valence-electron chi connectivity index (χ0n) is 5.47. The SMILES string of the molecule is O=[P+]([O-])OCCCS(=O)(=O)O. The lowest BCUT2D eigenvalue weighted by molar-refractivity contribution is -0.185. The summed E-state index contributed by atoms with van der Waals surface area (Å²) in [7, 11) is -6.92. The molecule has 66 valence electrons. The van der Waals surface area contributed by atoms with Gasteiger partial charge in [-0.05, 0) is 11.0 Å². The van der Waals surface area contributed by atoms with E-state index in [0.29, 0.717) is 0 Å². The lowest BCUT2D eigenvalue weighted by atomic mass is 10.5. The van der Waals surface area contributed by atoms with E-state index in [0.717, 1.165) is 0 Å². The Morgan fingerprint density at radius 1 is 1.55 bits per heavy atom. The number of hydrogen-bond donors (Lipinski definition) is 1. The van der Waals surface area contributed by atoms with Gasteiger partial charge in [0.2, 0.25) is 0 Å². The van der Waals surface area contributed by atoms with Crippen molar-refractivity contribution in [1.82, 2.24) is 0 Å². The van der Waals surface area contributed by atoms with Crippen LogP contribution in [0.4, 0.5) is 0 Å². The normalized spacial score (nSPS) is 13.1. The average molecular weight is 202 g/mol. The number of hydrogen-bond acceptors (Lipinski definition) is 5. The molecular weight excluding hydrogens is 195 g/mol. The van der Waals surface area contributed by atoms with Crippen LogP contribution >= 0.6 is 8.25 Å². The molecule has 8 heteroatoms. The van der Waals surface area contributed by atoms with Crippen LogP contribution in [0.1, 0.15) is 6.42 Å². The van der Waals surface area contributed by atoms with Crippen molar-refractivity contribution in [3.8, 4) is 0 Å².